The van der Waals surface area contributed by atoms with Crippen molar-refractivity contribution in [2.45, 2.75) is 49.1 Å². The number of aromatic amines is 1. The second-order valence-electron chi connectivity index (χ2n) is 10.6. The zero-order valence-electron chi connectivity index (χ0n) is 23.0. The van der Waals surface area contributed by atoms with Crippen molar-refractivity contribution in [2.24, 2.45) is 0 Å². The molecule has 22 nitrogen and oxygen atoms in total. The lowest BCUT2D eigenvalue weighted by Gasteiger charge is -2.25. The summed E-state index contributed by atoms with van der Waals surface area (Å²) in [6.45, 7) is -1.17. The first-order chi connectivity index (χ1) is 22.1. The summed E-state index contributed by atoms with van der Waals surface area (Å²) in [6.07, 6.45) is -3.81. The second-order valence-corrected chi connectivity index (χ2v) is 12.9. The van der Waals surface area contributed by atoms with E-state index in [1.807, 2.05) is 0 Å². The number of hydrogen-bond acceptors (Lipinski definition) is 17. The van der Waals surface area contributed by atoms with E-state index in [4.69, 9.17) is 33.3 Å². The van der Waals surface area contributed by atoms with Crippen LogP contribution < -0.4 is 11.3 Å². The number of rotatable bonds is 2. The molecule has 7 N–H and O–H groups in total. The minimum atomic E-state index is -5.02. The van der Waals surface area contributed by atoms with Gasteiger partial charge in [-0.1, -0.05) is 0 Å². The van der Waals surface area contributed by atoms with Gasteiger partial charge in [0.2, 0.25) is 5.95 Å². The van der Waals surface area contributed by atoms with Gasteiger partial charge in [-0.15, -0.1) is 0 Å². The van der Waals surface area contributed by atoms with Crippen LogP contribution in [0.4, 0.5) is 5.95 Å². The van der Waals surface area contributed by atoms with Crippen LogP contribution in [0.3, 0.4) is 0 Å². The number of nitrogen functional groups attached to an aromatic ring is 1. The van der Waals surface area contributed by atoms with Crippen LogP contribution >= 0.6 is 16.4 Å². The van der Waals surface area contributed by atoms with Gasteiger partial charge in [0.05, 0.1) is 25.9 Å². The number of aromatic nitrogens is 9. The molecule has 10 atom stereocenters. The number of phosphoric acid groups is 1. The van der Waals surface area contributed by atoms with Gasteiger partial charge < -0.3 is 44.3 Å². The van der Waals surface area contributed by atoms with Crippen LogP contribution in [0.1, 0.15) is 12.5 Å². The van der Waals surface area contributed by atoms with E-state index >= 15 is 0 Å². The molecule has 0 saturated carbocycles. The van der Waals surface area contributed by atoms with Gasteiger partial charge in [-0.3, -0.25) is 32.4 Å². The van der Waals surface area contributed by atoms with Crippen molar-refractivity contribution in [3.05, 3.63) is 41.7 Å². The smallest absolute Gasteiger partial charge is 0.387 e. The molecular weight excluding hydrogens is 658 g/mol. The number of nitrogens with one attached hydrogen (secondary N) is 1. The van der Waals surface area contributed by atoms with E-state index in [1.54, 1.807) is 16.8 Å². The number of nitrogens with two attached hydrogens (primary N) is 1. The van der Waals surface area contributed by atoms with Crippen LogP contribution in [0.25, 0.3) is 28.0 Å². The highest BCUT2D eigenvalue weighted by molar-refractivity contribution is 7.47. The number of phosphoric ester groups is 1. The van der Waals surface area contributed by atoms with Gasteiger partial charge in [0.1, 0.15) is 43.0 Å². The molecule has 3 fully saturated rings. The van der Waals surface area contributed by atoms with Crippen LogP contribution in [0.15, 0.2) is 36.2 Å². The Morgan fingerprint density at radius 1 is 0.935 bits per heavy atom. The first-order valence-electron chi connectivity index (χ1n) is 13.6. The molecule has 46 heavy (non-hydrogen) atoms. The van der Waals surface area contributed by atoms with Crippen LogP contribution in [0.2, 0.25) is 0 Å². The predicted octanol–water partition coefficient (Wildman–Crippen LogP) is -1.55. The Labute approximate surface area is 255 Å². The van der Waals surface area contributed by atoms with E-state index in [2.05, 4.69) is 29.9 Å². The third-order valence-corrected chi connectivity index (χ3v) is 9.57. The highest BCUT2D eigenvalue weighted by Gasteiger charge is 2.52. The third kappa shape index (κ3) is 4.91. The molecule has 5 aromatic heterocycles. The number of H-pyrrole nitrogens is 1. The van der Waals surface area contributed by atoms with Crippen LogP contribution in [-0.2, 0) is 32.1 Å². The Bertz CT molecular complexity index is 2050. The van der Waals surface area contributed by atoms with Gasteiger partial charge in [-0.2, -0.15) is 4.98 Å². The number of nitrogens with zero attached hydrogens (tertiary/aromatic N) is 8. The second kappa shape index (κ2) is 11.0. The van der Waals surface area contributed by atoms with Crippen LogP contribution in [0, 0.1) is 0 Å². The van der Waals surface area contributed by atoms with Crippen LogP contribution in [-0.4, -0.2) is 113 Å². The first kappa shape index (κ1) is 29.9. The number of anilines is 1. The predicted molar refractivity (Wildman–Crippen MR) is 149 cm³/mol. The fraction of sp³-hybridized carbons (Fsp3) is 0.455. The summed E-state index contributed by atoms with van der Waals surface area (Å²) < 4.78 is 51.2. The first-order valence-corrected chi connectivity index (χ1v) is 16.2. The molecule has 24 heteroatoms. The van der Waals surface area contributed by atoms with Crippen molar-refractivity contribution < 1.29 is 52.1 Å². The maximum absolute atomic E-state index is 13.3. The van der Waals surface area contributed by atoms with Crippen molar-refractivity contribution in [3.63, 3.8) is 0 Å². The molecule has 5 aromatic rings. The molecule has 2 bridgehead atoms. The number of ether oxygens (including phenoxy) is 2. The normalized spacial score (nSPS) is 35.7. The quantitative estimate of drug-likeness (QED) is 0.115. The maximum atomic E-state index is 13.3. The molecule has 0 amide bonds. The number of hydrogen-bond donors (Lipinski definition) is 6. The fourth-order valence-electron chi connectivity index (χ4n) is 5.69. The lowest BCUT2D eigenvalue weighted by Crippen LogP contribution is -2.35. The number of aliphatic hydroxyl groups is 2. The van der Waals surface area contributed by atoms with E-state index in [0.29, 0.717) is 16.8 Å². The average molecular weight is 682 g/mol. The number of aliphatic hydroxyl groups excluding tert-OH is 2. The van der Waals surface area contributed by atoms with Crippen molar-refractivity contribution in [3.8, 4) is 0 Å². The summed E-state index contributed by atoms with van der Waals surface area (Å²) in [4.78, 5) is 57.1. The van der Waals surface area contributed by atoms with Crippen molar-refractivity contribution in [2.75, 3.05) is 18.9 Å². The van der Waals surface area contributed by atoms with Crippen molar-refractivity contribution >= 4 is 50.3 Å². The highest BCUT2D eigenvalue weighted by atomic mass is 31.2. The molecule has 3 saturated heterocycles. The summed E-state index contributed by atoms with van der Waals surface area (Å²) in [6, 6.07) is 0. The summed E-state index contributed by atoms with van der Waals surface area (Å²) in [5.41, 5.74) is 6.09. The standard InChI is InChI=1S/C22H24N10O12P2/c23-22-28-18-11(19(35)29-22)26-7-32(18)21-15-12(33)8(41-21)3-39-45(36)43-14-9(4-40-46(37,38)44-15)42-20(13(14)34)31-6-25-10-16-24-1-2-30(16)5-27-17(10)31/h1-2,5-9,12-15,20-21,33-34,36H,3-4H2,(H,37,38)(H3,23,28,29,35). The van der Waals surface area contributed by atoms with E-state index in [0.717, 1.165) is 6.33 Å². The van der Waals surface area contributed by atoms with Gasteiger partial charge >= 0.3 is 16.4 Å². The highest BCUT2D eigenvalue weighted by Crippen LogP contribution is 2.52. The summed E-state index contributed by atoms with van der Waals surface area (Å²) in [5.74, 6) is -0.239. The van der Waals surface area contributed by atoms with E-state index in [-0.39, 0.29) is 17.1 Å². The molecule has 0 aliphatic carbocycles. The number of fused-ring (bicyclic) bond motifs is 7. The van der Waals surface area contributed by atoms with Crippen molar-refractivity contribution in [1.82, 2.24) is 43.4 Å². The Kier molecular flexibility index (Phi) is 7.17. The Morgan fingerprint density at radius 3 is 2.52 bits per heavy atom. The molecule has 8 heterocycles. The maximum Gasteiger partial charge on any atom is 0.472 e. The van der Waals surface area contributed by atoms with E-state index in [1.165, 1.54) is 21.8 Å². The number of imidazole rings is 3. The van der Waals surface area contributed by atoms with Crippen LogP contribution in [0.5, 0.6) is 0 Å². The molecule has 0 radical (unpaired) electrons. The minimum absolute atomic E-state index is 0.0617. The van der Waals surface area contributed by atoms with E-state index < -0.39 is 84.3 Å². The molecule has 3 aliphatic heterocycles. The largest absolute Gasteiger partial charge is 0.472 e. The molecular formula is C22H24N10O12P2. The monoisotopic (exact) mass is 682 g/mol. The SMILES string of the molecule is Nc1nc2c(ncn2C2OC3COP(O)OC4C(COP(=O)(O)OC2C3O)OC(n2cnc3c2ncn2ccnc32)C4O)c(=O)[nH]1. The zero-order chi connectivity index (χ0) is 31.9. The lowest BCUT2D eigenvalue weighted by atomic mass is 10.1. The van der Waals surface area contributed by atoms with Gasteiger partial charge in [0.25, 0.3) is 5.56 Å². The van der Waals surface area contributed by atoms with Gasteiger partial charge in [0, 0.05) is 12.4 Å². The van der Waals surface area contributed by atoms with Crippen molar-refractivity contribution in [1.29, 1.82) is 0 Å². The molecule has 0 spiro atoms. The molecule has 10 unspecified atom stereocenters. The fourth-order valence-corrected chi connectivity index (χ4v) is 7.43. The molecule has 8 rings (SSSR count). The zero-order valence-corrected chi connectivity index (χ0v) is 24.8. The molecule has 3 aliphatic rings. The summed E-state index contributed by atoms with van der Waals surface area (Å²) >= 11 is 0. The minimum Gasteiger partial charge on any atom is -0.387 e. The third-order valence-electron chi connectivity index (χ3n) is 7.79. The van der Waals surface area contributed by atoms with Gasteiger partial charge in [-0.05, 0) is 0 Å². The summed E-state index contributed by atoms with van der Waals surface area (Å²) in [5, 5.41) is 22.3. The Morgan fingerprint density at radius 2 is 1.70 bits per heavy atom. The Hall–Kier alpha value is -3.50. The van der Waals surface area contributed by atoms with Gasteiger partial charge in [-0.25, -0.2) is 24.5 Å². The lowest BCUT2D eigenvalue weighted by molar-refractivity contribution is -0.0645. The average Bonchev–Trinajstić information content (AvgIpc) is 3.83. The Balaban J connectivity index is 1.09. The topological polar surface area (TPSA) is 291 Å². The molecule has 0 aromatic carbocycles. The van der Waals surface area contributed by atoms with E-state index in [9.17, 15) is 29.4 Å². The molecule has 244 valence electrons. The summed E-state index contributed by atoms with van der Waals surface area (Å²) in [7, 11) is -7.76. The van der Waals surface area contributed by atoms with Gasteiger partial charge in [0.15, 0.2) is 40.4 Å².